The lowest BCUT2D eigenvalue weighted by molar-refractivity contribution is -0.140. The third kappa shape index (κ3) is 8.17. The van der Waals surface area contributed by atoms with E-state index >= 15 is 0 Å². The van der Waals surface area contributed by atoms with Gasteiger partial charge in [-0.3, -0.25) is 13.9 Å². The van der Waals surface area contributed by atoms with Gasteiger partial charge in [0.15, 0.2) is 0 Å². The van der Waals surface area contributed by atoms with Crippen molar-refractivity contribution in [2.24, 2.45) is 0 Å². The number of halogens is 1. The number of amides is 2. The van der Waals surface area contributed by atoms with Crippen LogP contribution in [-0.2, 0) is 26.2 Å². The molecule has 0 heterocycles. The molecule has 214 valence electrons. The normalized spacial score (nSPS) is 12.0. The monoisotopic (exact) mass is 627 g/mol. The summed E-state index contributed by atoms with van der Waals surface area (Å²) in [5.74, 6) is -0.704. The molecule has 3 aromatic carbocycles. The molecule has 0 saturated heterocycles. The van der Waals surface area contributed by atoms with Crippen LogP contribution in [0.2, 0.25) is 0 Å². The van der Waals surface area contributed by atoms with E-state index in [1.165, 1.54) is 4.90 Å². The molecule has 1 N–H and O–H groups in total. The lowest BCUT2D eigenvalue weighted by Gasteiger charge is -2.33. The zero-order chi connectivity index (χ0) is 29.3. The highest BCUT2D eigenvalue weighted by Crippen LogP contribution is 2.26. The first-order valence-corrected chi connectivity index (χ1v) is 15.8. The Morgan fingerprint density at radius 1 is 0.875 bits per heavy atom. The minimum atomic E-state index is -4.09. The average Bonchev–Trinajstić information content (AvgIpc) is 2.93. The van der Waals surface area contributed by atoms with Gasteiger partial charge in [-0.2, -0.15) is 0 Å². The van der Waals surface area contributed by atoms with E-state index in [0.717, 1.165) is 38.3 Å². The number of aryl methyl sites for hydroxylation is 2. The molecule has 7 nitrogen and oxygen atoms in total. The lowest BCUT2D eigenvalue weighted by Crippen LogP contribution is -2.52. The molecule has 0 aromatic heterocycles. The predicted octanol–water partition coefficient (Wildman–Crippen LogP) is 5.98. The van der Waals surface area contributed by atoms with E-state index in [0.29, 0.717) is 18.7 Å². The Hall–Kier alpha value is -3.17. The number of nitrogens with one attached hydrogen (secondary N) is 1. The fourth-order valence-corrected chi connectivity index (χ4v) is 5.97. The molecule has 0 aliphatic rings. The summed E-state index contributed by atoms with van der Waals surface area (Å²) in [5, 5.41) is 2.95. The highest BCUT2D eigenvalue weighted by Gasteiger charge is 2.33. The standard InChI is InChI=1S/C31H38BrN3O4S/c1-5-7-20-33-31(37)29(6-2)34(21-25-12-8-23(3)9-13-25)30(36)22-35(27-16-14-26(32)15-17-27)40(38,39)28-18-10-24(4)11-19-28/h8-19,29H,5-7,20-22H2,1-4H3,(H,33,37)/t29-/m1/s1. The summed E-state index contributed by atoms with van der Waals surface area (Å²) in [6.07, 6.45) is 2.15. The fourth-order valence-electron chi connectivity index (χ4n) is 4.29. The number of hydrogen-bond donors (Lipinski definition) is 1. The number of rotatable bonds is 13. The van der Waals surface area contributed by atoms with E-state index in [1.54, 1.807) is 48.5 Å². The van der Waals surface area contributed by atoms with Gasteiger partial charge in [0.2, 0.25) is 11.8 Å². The second-order valence-electron chi connectivity index (χ2n) is 9.88. The number of carbonyl (C=O) groups is 2. The summed E-state index contributed by atoms with van der Waals surface area (Å²) in [5.41, 5.74) is 3.22. The second kappa shape index (κ2) is 14.5. The summed E-state index contributed by atoms with van der Waals surface area (Å²) in [7, 11) is -4.09. The molecule has 40 heavy (non-hydrogen) atoms. The van der Waals surface area contributed by atoms with Crippen LogP contribution in [0.3, 0.4) is 0 Å². The van der Waals surface area contributed by atoms with Crippen molar-refractivity contribution < 1.29 is 18.0 Å². The van der Waals surface area contributed by atoms with Gasteiger partial charge >= 0.3 is 0 Å². The van der Waals surface area contributed by atoms with Crippen LogP contribution in [0.1, 0.15) is 49.8 Å². The third-order valence-electron chi connectivity index (χ3n) is 6.69. The van der Waals surface area contributed by atoms with Gasteiger partial charge in [0.05, 0.1) is 10.6 Å². The van der Waals surface area contributed by atoms with Gasteiger partial charge in [-0.15, -0.1) is 0 Å². The van der Waals surface area contributed by atoms with Gasteiger partial charge in [0.1, 0.15) is 12.6 Å². The van der Waals surface area contributed by atoms with Crippen molar-refractivity contribution in [2.45, 2.75) is 64.4 Å². The molecule has 0 unspecified atom stereocenters. The Balaban J connectivity index is 2.02. The molecule has 3 aromatic rings. The van der Waals surface area contributed by atoms with Crippen LogP contribution in [0.4, 0.5) is 5.69 Å². The first-order chi connectivity index (χ1) is 19.1. The quantitative estimate of drug-likeness (QED) is 0.236. The summed E-state index contributed by atoms with van der Waals surface area (Å²) in [6.45, 7) is 8.00. The summed E-state index contributed by atoms with van der Waals surface area (Å²) >= 11 is 3.40. The van der Waals surface area contributed by atoms with Gasteiger partial charge in [0, 0.05) is 17.6 Å². The number of nitrogens with zero attached hydrogens (tertiary/aromatic N) is 2. The first-order valence-electron chi connectivity index (χ1n) is 13.5. The van der Waals surface area contributed by atoms with Crippen LogP contribution in [0, 0.1) is 13.8 Å². The van der Waals surface area contributed by atoms with E-state index in [-0.39, 0.29) is 17.3 Å². The molecule has 0 fully saturated rings. The number of unbranched alkanes of at least 4 members (excludes halogenated alkanes) is 1. The van der Waals surface area contributed by atoms with Crippen molar-refractivity contribution in [3.05, 3.63) is 94.0 Å². The Bertz CT molecular complexity index is 1380. The molecule has 0 aliphatic carbocycles. The molecule has 2 amide bonds. The summed E-state index contributed by atoms with van der Waals surface area (Å²) < 4.78 is 29.7. The number of sulfonamides is 1. The van der Waals surface area contributed by atoms with Crippen LogP contribution in [0.5, 0.6) is 0 Å². The van der Waals surface area contributed by atoms with Crippen LogP contribution in [0.25, 0.3) is 0 Å². The lowest BCUT2D eigenvalue weighted by atomic mass is 10.1. The van der Waals surface area contributed by atoms with Gasteiger partial charge in [-0.05, 0) is 68.7 Å². The molecular formula is C31H38BrN3O4S. The highest BCUT2D eigenvalue weighted by atomic mass is 79.9. The molecule has 0 saturated carbocycles. The van der Waals surface area contributed by atoms with Crippen LogP contribution >= 0.6 is 15.9 Å². The molecule has 0 radical (unpaired) electrons. The SMILES string of the molecule is CCCCNC(=O)[C@@H](CC)N(Cc1ccc(C)cc1)C(=O)CN(c1ccc(Br)cc1)S(=O)(=O)c1ccc(C)cc1. The number of benzene rings is 3. The summed E-state index contributed by atoms with van der Waals surface area (Å²) in [4.78, 5) is 28.9. The smallest absolute Gasteiger partial charge is 0.264 e. The van der Waals surface area contributed by atoms with Gasteiger partial charge in [-0.1, -0.05) is 83.7 Å². The topological polar surface area (TPSA) is 86.8 Å². The van der Waals surface area contributed by atoms with E-state index < -0.39 is 28.5 Å². The minimum absolute atomic E-state index is 0.0863. The molecule has 0 aliphatic heterocycles. The van der Waals surface area contributed by atoms with E-state index in [4.69, 9.17) is 0 Å². The van der Waals surface area contributed by atoms with Crippen molar-refractivity contribution >= 4 is 43.5 Å². The Labute approximate surface area is 246 Å². The zero-order valence-electron chi connectivity index (χ0n) is 23.6. The third-order valence-corrected chi connectivity index (χ3v) is 9.01. The molecule has 1 atom stereocenters. The second-order valence-corrected chi connectivity index (χ2v) is 12.7. The Morgan fingerprint density at radius 2 is 1.45 bits per heavy atom. The van der Waals surface area contributed by atoms with Crippen LogP contribution in [-0.4, -0.2) is 44.3 Å². The van der Waals surface area contributed by atoms with Gasteiger partial charge < -0.3 is 10.2 Å². The number of carbonyl (C=O) groups excluding carboxylic acids is 2. The van der Waals surface area contributed by atoms with Crippen molar-refractivity contribution in [1.82, 2.24) is 10.2 Å². The summed E-state index contributed by atoms with van der Waals surface area (Å²) in [6, 6.07) is 20.3. The van der Waals surface area contributed by atoms with E-state index in [2.05, 4.69) is 21.2 Å². The van der Waals surface area contributed by atoms with Crippen LogP contribution < -0.4 is 9.62 Å². The van der Waals surface area contributed by atoms with Crippen molar-refractivity contribution in [1.29, 1.82) is 0 Å². The van der Waals surface area contributed by atoms with Crippen molar-refractivity contribution in [3.8, 4) is 0 Å². The predicted molar refractivity (Wildman–Crippen MR) is 164 cm³/mol. The van der Waals surface area contributed by atoms with Gasteiger partial charge in [0.25, 0.3) is 10.0 Å². The fraction of sp³-hybridized carbons (Fsp3) is 0.355. The maximum absolute atomic E-state index is 14.1. The minimum Gasteiger partial charge on any atom is -0.354 e. The number of hydrogen-bond acceptors (Lipinski definition) is 4. The Morgan fingerprint density at radius 3 is 2.00 bits per heavy atom. The largest absolute Gasteiger partial charge is 0.354 e. The number of anilines is 1. The Kier molecular flexibility index (Phi) is 11.3. The van der Waals surface area contributed by atoms with Crippen LogP contribution in [0.15, 0.2) is 82.2 Å². The molecule has 0 bridgehead atoms. The molecule has 3 rings (SSSR count). The van der Waals surface area contributed by atoms with Gasteiger partial charge in [-0.25, -0.2) is 8.42 Å². The first kappa shape index (κ1) is 31.4. The molecule has 0 spiro atoms. The molecular weight excluding hydrogens is 590 g/mol. The van der Waals surface area contributed by atoms with Crippen molar-refractivity contribution in [2.75, 3.05) is 17.4 Å². The average molecular weight is 629 g/mol. The van der Waals surface area contributed by atoms with E-state index in [1.807, 2.05) is 52.0 Å². The maximum Gasteiger partial charge on any atom is 0.264 e. The maximum atomic E-state index is 14.1. The highest BCUT2D eigenvalue weighted by molar-refractivity contribution is 9.10. The van der Waals surface area contributed by atoms with E-state index in [9.17, 15) is 18.0 Å². The molecule has 9 heteroatoms. The van der Waals surface area contributed by atoms with Crippen molar-refractivity contribution in [3.63, 3.8) is 0 Å². The zero-order valence-corrected chi connectivity index (χ0v) is 26.0.